The van der Waals surface area contributed by atoms with E-state index in [1.54, 1.807) is 48.5 Å². The second kappa shape index (κ2) is 9.57. The van der Waals surface area contributed by atoms with Gasteiger partial charge in [0, 0.05) is 6.42 Å². The number of aromatic nitrogens is 1. The van der Waals surface area contributed by atoms with Crippen LogP contribution in [-0.4, -0.2) is 46.7 Å². The largest absolute Gasteiger partial charge is 0.461 e. The van der Waals surface area contributed by atoms with Gasteiger partial charge in [0.1, 0.15) is 23.5 Å². The minimum absolute atomic E-state index is 0.0143. The standard InChI is InChI=1S/C19H30N2O7/c1-8-25-15(23)13-11-26-17(21-13)20-12(16(24)28-19(5,6)7)9-10-14(22)27-18(2,3)4/h11-12H,8-10H2,1-7H3,(H,20,21)/t12-/m0/s1. The number of oxazole rings is 1. The Bertz CT molecular complexity index is 683. The highest BCUT2D eigenvalue weighted by atomic mass is 16.6. The summed E-state index contributed by atoms with van der Waals surface area (Å²) in [6.07, 6.45) is 1.21. The van der Waals surface area contributed by atoms with Gasteiger partial charge in [-0.25, -0.2) is 9.59 Å². The van der Waals surface area contributed by atoms with Crippen molar-refractivity contribution >= 4 is 23.9 Å². The molecular weight excluding hydrogens is 368 g/mol. The van der Waals surface area contributed by atoms with Crippen LogP contribution in [0.3, 0.4) is 0 Å². The van der Waals surface area contributed by atoms with E-state index in [1.807, 2.05) is 0 Å². The Balaban J connectivity index is 2.85. The van der Waals surface area contributed by atoms with E-state index in [2.05, 4.69) is 10.3 Å². The summed E-state index contributed by atoms with van der Waals surface area (Å²) < 4.78 is 20.7. The molecule has 158 valence electrons. The molecule has 1 heterocycles. The fourth-order valence-electron chi connectivity index (χ4n) is 2.06. The van der Waals surface area contributed by atoms with Gasteiger partial charge in [0.25, 0.3) is 6.01 Å². The average Bonchev–Trinajstić information content (AvgIpc) is 2.96. The van der Waals surface area contributed by atoms with E-state index >= 15 is 0 Å². The third-order valence-corrected chi connectivity index (χ3v) is 3.03. The molecule has 0 aliphatic rings. The number of ether oxygens (including phenoxy) is 3. The minimum atomic E-state index is -0.916. The lowest BCUT2D eigenvalue weighted by Gasteiger charge is -2.24. The summed E-state index contributed by atoms with van der Waals surface area (Å²) in [7, 11) is 0. The van der Waals surface area contributed by atoms with Gasteiger partial charge in [-0.1, -0.05) is 0 Å². The van der Waals surface area contributed by atoms with Crippen LogP contribution in [0.1, 0.15) is 71.8 Å². The smallest absolute Gasteiger partial charge is 0.360 e. The van der Waals surface area contributed by atoms with Gasteiger partial charge in [0.15, 0.2) is 5.69 Å². The third-order valence-electron chi connectivity index (χ3n) is 3.03. The molecule has 0 saturated carbocycles. The van der Waals surface area contributed by atoms with Crippen LogP contribution < -0.4 is 5.32 Å². The molecule has 0 fully saturated rings. The highest BCUT2D eigenvalue weighted by Crippen LogP contribution is 2.17. The van der Waals surface area contributed by atoms with E-state index in [0.717, 1.165) is 6.26 Å². The number of rotatable bonds is 8. The summed E-state index contributed by atoms with van der Waals surface area (Å²) in [5.41, 5.74) is -1.36. The van der Waals surface area contributed by atoms with Crippen molar-refractivity contribution < 1.29 is 33.0 Å². The van der Waals surface area contributed by atoms with Crippen LogP contribution in [0.2, 0.25) is 0 Å². The zero-order valence-electron chi connectivity index (χ0n) is 17.6. The molecule has 1 atom stereocenters. The van der Waals surface area contributed by atoms with Crippen LogP contribution in [0.5, 0.6) is 0 Å². The number of carbonyl (C=O) groups excluding carboxylic acids is 3. The summed E-state index contributed by atoms with van der Waals surface area (Å²) in [6.45, 7) is 12.4. The molecule has 0 spiro atoms. The van der Waals surface area contributed by atoms with Gasteiger partial charge in [-0.05, 0) is 54.9 Å². The van der Waals surface area contributed by atoms with Gasteiger partial charge in [-0.2, -0.15) is 4.98 Å². The monoisotopic (exact) mass is 398 g/mol. The summed E-state index contributed by atoms with van der Waals surface area (Å²) in [5, 5.41) is 2.77. The number of nitrogens with one attached hydrogen (secondary N) is 1. The summed E-state index contributed by atoms with van der Waals surface area (Å²) >= 11 is 0. The van der Waals surface area contributed by atoms with Crippen LogP contribution in [0, 0.1) is 0 Å². The van der Waals surface area contributed by atoms with E-state index in [-0.39, 0.29) is 31.2 Å². The Labute approximate surface area is 165 Å². The number of carbonyl (C=O) groups is 3. The fraction of sp³-hybridized carbons (Fsp3) is 0.684. The molecule has 1 rings (SSSR count). The van der Waals surface area contributed by atoms with E-state index in [0.29, 0.717) is 0 Å². The first-order chi connectivity index (χ1) is 12.8. The molecule has 0 aromatic carbocycles. The van der Waals surface area contributed by atoms with Crippen molar-refractivity contribution in [3.63, 3.8) is 0 Å². The molecule has 1 N–H and O–H groups in total. The number of nitrogens with zero attached hydrogens (tertiary/aromatic N) is 1. The number of esters is 3. The predicted molar refractivity (Wildman–Crippen MR) is 101 cm³/mol. The van der Waals surface area contributed by atoms with Gasteiger partial charge in [-0.3, -0.25) is 4.79 Å². The van der Waals surface area contributed by atoms with Crippen LogP contribution in [0.15, 0.2) is 10.7 Å². The first kappa shape index (κ1) is 23.5. The van der Waals surface area contributed by atoms with Crippen LogP contribution in [-0.2, 0) is 23.8 Å². The second-order valence-corrected chi connectivity index (χ2v) is 8.11. The van der Waals surface area contributed by atoms with Crippen molar-refractivity contribution in [3.8, 4) is 0 Å². The van der Waals surface area contributed by atoms with Crippen molar-refractivity contribution in [2.24, 2.45) is 0 Å². The van der Waals surface area contributed by atoms with Gasteiger partial charge >= 0.3 is 17.9 Å². The molecule has 0 aliphatic carbocycles. The molecule has 28 heavy (non-hydrogen) atoms. The zero-order chi connectivity index (χ0) is 21.5. The Morgan fingerprint density at radius 3 is 2.25 bits per heavy atom. The van der Waals surface area contributed by atoms with Gasteiger partial charge in [0.2, 0.25) is 0 Å². The molecule has 0 unspecified atom stereocenters. The van der Waals surface area contributed by atoms with Crippen molar-refractivity contribution in [2.75, 3.05) is 11.9 Å². The highest BCUT2D eigenvalue weighted by Gasteiger charge is 2.28. The Hall–Kier alpha value is -2.58. The normalized spacial score (nSPS) is 12.8. The summed E-state index contributed by atoms with van der Waals surface area (Å²) in [4.78, 5) is 40.1. The lowest BCUT2D eigenvalue weighted by atomic mass is 10.1. The Kier molecular flexibility index (Phi) is 8.01. The Morgan fingerprint density at radius 1 is 1.11 bits per heavy atom. The molecule has 0 aliphatic heterocycles. The molecule has 1 aromatic heterocycles. The molecule has 1 aromatic rings. The maximum atomic E-state index is 12.5. The molecule has 9 nitrogen and oxygen atoms in total. The maximum absolute atomic E-state index is 12.5. The summed E-state index contributed by atoms with van der Waals surface area (Å²) in [5.74, 6) is -1.66. The third kappa shape index (κ3) is 8.88. The lowest BCUT2D eigenvalue weighted by Crippen LogP contribution is -2.37. The average molecular weight is 398 g/mol. The molecule has 9 heteroatoms. The van der Waals surface area contributed by atoms with Gasteiger partial charge in [0.05, 0.1) is 6.61 Å². The van der Waals surface area contributed by atoms with Crippen molar-refractivity contribution in [1.82, 2.24) is 4.98 Å². The van der Waals surface area contributed by atoms with Gasteiger partial charge < -0.3 is 23.9 Å². The minimum Gasteiger partial charge on any atom is -0.461 e. The van der Waals surface area contributed by atoms with Gasteiger partial charge in [-0.15, -0.1) is 0 Å². The quantitative estimate of drug-likeness (QED) is 0.520. The molecule has 0 bridgehead atoms. The molecule has 0 amide bonds. The van der Waals surface area contributed by atoms with E-state index in [9.17, 15) is 14.4 Å². The van der Waals surface area contributed by atoms with Crippen LogP contribution >= 0.6 is 0 Å². The number of hydrogen-bond donors (Lipinski definition) is 1. The van der Waals surface area contributed by atoms with Crippen LogP contribution in [0.25, 0.3) is 0 Å². The van der Waals surface area contributed by atoms with Crippen molar-refractivity contribution in [1.29, 1.82) is 0 Å². The fourth-order valence-corrected chi connectivity index (χ4v) is 2.06. The number of anilines is 1. The first-order valence-electron chi connectivity index (χ1n) is 9.14. The van der Waals surface area contributed by atoms with E-state index in [4.69, 9.17) is 18.6 Å². The number of hydrogen-bond acceptors (Lipinski definition) is 9. The first-order valence-corrected chi connectivity index (χ1v) is 9.14. The molecule has 0 radical (unpaired) electrons. The summed E-state index contributed by atoms with van der Waals surface area (Å²) in [6, 6.07) is -0.969. The topological polar surface area (TPSA) is 117 Å². The van der Waals surface area contributed by atoms with Crippen molar-refractivity contribution in [2.45, 2.75) is 78.6 Å². The highest BCUT2D eigenvalue weighted by molar-refractivity contribution is 5.87. The second-order valence-electron chi connectivity index (χ2n) is 8.11. The predicted octanol–water partition coefficient (Wildman–Crippen LogP) is 3.10. The van der Waals surface area contributed by atoms with Crippen LogP contribution in [0.4, 0.5) is 6.01 Å². The van der Waals surface area contributed by atoms with E-state index < -0.39 is 35.2 Å². The zero-order valence-corrected chi connectivity index (χ0v) is 17.6. The van der Waals surface area contributed by atoms with Crippen molar-refractivity contribution in [3.05, 3.63) is 12.0 Å². The maximum Gasteiger partial charge on any atom is 0.360 e. The molecule has 0 saturated heterocycles. The lowest BCUT2D eigenvalue weighted by molar-refractivity contribution is -0.157. The van der Waals surface area contributed by atoms with E-state index in [1.165, 1.54) is 0 Å². The Morgan fingerprint density at radius 2 is 1.71 bits per heavy atom. The SMILES string of the molecule is CCOC(=O)c1coc(N[C@@H](CCC(=O)OC(C)(C)C)C(=O)OC(C)(C)C)n1. The molecular formula is C19H30N2O7.